The Kier molecular flexibility index (Phi) is 6.65. The first-order valence-electron chi connectivity index (χ1n) is 7.73. The van der Waals surface area contributed by atoms with Crippen LogP contribution in [0.3, 0.4) is 0 Å². The number of amides is 1. The van der Waals surface area contributed by atoms with E-state index in [-0.39, 0.29) is 25.1 Å². The van der Waals surface area contributed by atoms with Crippen molar-refractivity contribution < 1.29 is 23.8 Å². The molecule has 0 saturated carbocycles. The lowest BCUT2D eigenvalue weighted by Crippen LogP contribution is -2.28. The molecule has 9 heteroatoms. The van der Waals surface area contributed by atoms with Crippen molar-refractivity contribution in [1.82, 2.24) is 5.32 Å². The van der Waals surface area contributed by atoms with Gasteiger partial charge in [-0.25, -0.2) is 0 Å². The van der Waals surface area contributed by atoms with E-state index >= 15 is 0 Å². The average molecular weight is 414 g/mol. The monoisotopic (exact) mass is 413 g/mol. The number of hydrogen-bond acceptors (Lipinski definition) is 7. The van der Waals surface area contributed by atoms with E-state index in [2.05, 4.69) is 5.32 Å². The first kappa shape index (κ1) is 18.9. The third kappa shape index (κ3) is 5.55. The van der Waals surface area contributed by atoms with Crippen LogP contribution in [0.15, 0.2) is 30.3 Å². The molecule has 1 aliphatic heterocycles. The van der Waals surface area contributed by atoms with Crippen molar-refractivity contribution >= 4 is 46.6 Å². The number of thiophene rings is 1. The molecule has 138 valence electrons. The van der Waals surface area contributed by atoms with Crippen LogP contribution in [-0.2, 0) is 26.6 Å². The Balaban J connectivity index is 1.31. The number of thioether (sulfide) groups is 1. The van der Waals surface area contributed by atoms with Crippen molar-refractivity contribution in [3.63, 3.8) is 0 Å². The second-order valence-electron chi connectivity index (χ2n) is 5.32. The van der Waals surface area contributed by atoms with Gasteiger partial charge in [0.25, 0.3) is 5.91 Å². The van der Waals surface area contributed by atoms with Crippen molar-refractivity contribution in [3.05, 3.63) is 45.1 Å². The topological polar surface area (TPSA) is 73.9 Å². The lowest BCUT2D eigenvalue weighted by molar-refractivity contribution is -0.145. The van der Waals surface area contributed by atoms with E-state index in [1.54, 1.807) is 6.07 Å². The number of hydrogen-bond donors (Lipinski definition) is 1. The fourth-order valence-corrected chi connectivity index (χ4v) is 4.17. The van der Waals surface area contributed by atoms with Gasteiger partial charge in [0.1, 0.15) is 0 Å². The molecule has 0 radical (unpaired) electrons. The predicted molar refractivity (Wildman–Crippen MR) is 101 cm³/mol. The molecule has 0 fully saturated rings. The average Bonchev–Trinajstić information content (AvgIpc) is 3.26. The standard InChI is InChI=1S/C17H16ClNO5S2/c18-15-4-2-12(26-15)8-25-9-17(21)22-7-16(20)19-6-11-1-3-13-14(5-11)24-10-23-13/h1-5H,6-10H2,(H,19,20). The van der Waals surface area contributed by atoms with Crippen molar-refractivity contribution in [2.24, 2.45) is 0 Å². The number of ether oxygens (including phenoxy) is 3. The Morgan fingerprint density at radius 3 is 2.88 bits per heavy atom. The summed E-state index contributed by atoms with van der Waals surface area (Å²) in [5.41, 5.74) is 0.874. The lowest BCUT2D eigenvalue weighted by Gasteiger charge is -2.07. The van der Waals surface area contributed by atoms with Gasteiger partial charge in [0, 0.05) is 17.2 Å². The first-order valence-corrected chi connectivity index (χ1v) is 10.1. The summed E-state index contributed by atoms with van der Waals surface area (Å²) >= 11 is 8.75. The number of halogens is 1. The van der Waals surface area contributed by atoms with Gasteiger partial charge in [0.2, 0.25) is 6.79 Å². The zero-order valence-corrected chi connectivity index (χ0v) is 16.0. The van der Waals surface area contributed by atoms with Gasteiger partial charge in [-0.2, -0.15) is 0 Å². The molecule has 0 unspecified atom stereocenters. The number of carbonyl (C=O) groups excluding carboxylic acids is 2. The molecule has 1 aromatic carbocycles. The van der Waals surface area contributed by atoms with E-state index in [4.69, 9.17) is 25.8 Å². The molecule has 0 spiro atoms. The zero-order chi connectivity index (χ0) is 18.4. The molecule has 2 heterocycles. The van der Waals surface area contributed by atoms with Crippen LogP contribution >= 0.6 is 34.7 Å². The molecule has 0 aliphatic carbocycles. The van der Waals surface area contributed by atoms with Gasteiger partial charge >= 0.3 is 5.97 Å². The van der Waals surface area contributed by atoms with E-state index < -0.39 is 5.97 Å². The van der Waals surface area contributed by atoms with Gasteiger partial charge in [-0.1, -0.05) is 17.7 Å². The number of carbonyl (C=O) groups is 2. The summed E-state index contributed by atoms with van der Waals surface area (Å²) in [4.78, 5) is 24.5. The number of nitrogens with one attached hydrogen (secondary N) is 1. The minimum absolute atomic E-state index is 0.185. The summed E-state index contributed by atoms with van der Waals surface area (Å²) in [6.07, 6.45) is 0. The largest absolute Gasteiger partial charge is 0.455 e. The number of fused-ring (bicyclic) bond motifs is 1. The molecule has 0 atom stereocenters. The predicted octanol–water partition coefficient (Wildman–Crippen LogP) is 3.22. The van der Waals surface area contributed by atoms with Crippen LogP contribution in [0.5, 0.6) is 11.5 Å². The van der Waals surface area contributed by atoms with Crippen molar-refractivity contribution in [1.29, 1.82) is 0 Å². The lowest BCUT2D eigenvalue weighted by atomic mass is 10.2. The molecule has 1 aromatic heterocycles. The third-order valence-electron chi connectivity index (χ3n) is 3.38. The second-order valence-corrected chi connectivity index (χ2v) is 8.11. The van der Waals surface area contributed by atoms with Crippen LogP contribution in [0.4, 0.5) is 0 Å². The van der Waals surface area contributed by atoms with E-state index in [1.165, 1.54) is 23.1 Å². The highest BCUT2D eigenvalue weighted by Crippen LogP contribution is 2.32. The minimum Gasteiger partial charge on any atom is -0.455 e. The summed E-state index contributed by atoms with van der Waals surface area (Å²) in [6.45, 7) is 0.230. The van der Waals surface area contributed by atoms with Crippen LogP contribution < -0.4 is 14.8 Å². The molecule has 3 rings (SSSR count). The Morgan fingerprint density at radius 2 is 2.08 bits per heavy atom. The number of esters is 1. The number of rotatable bonds is 8. The molecule has 1 aliphatic rings. The molecule has 2 aromatic rings. The van der Waals surface area contributed by atoms with Crippen molar-refractivity contribution in [3.8, 4) is 11.5 Å². The quantitative estimate of drug-likeness (QED) is 0.670. The van der Waals surface area contributed by atoms with Crippen LogP contribution in [0, 0.1) is 0 Å². The van der Waals surface area contributed by atoms with Gasteiger partial charge in [-0.15, -0.1) is 23.1 Å². The van der Waals surface area contributed by atoms with Gasteiger partial charge in [-0.3, -0.25) is 9.59 Å². The fourth-order valence-electron chi connectivity index (χ4n) is 2.15. The highest BCUT2D eigenvalue weighted by Gasteiger charge is 2.14. The van der Waals surface area contributed by atoms with Crippen molar-refractivity contribution in [2.45, 2.75) is 12.3 Å². The molecule has 1 amide bonds. The summed E-state index contributed by atoms with van der Waals surface area (Å²) < 4.78 is 16.2. The van der Waals surface area contributed by atoms with Crippen molar-refractivity contribution in [2.75, 3.05) is 19.2 Å². The first-order chi connectivity index (χ1) is 12.6. The molecule has 0 saturated heterocycles. The van der Waals surface area contributed by atoms with E-state index in [0.717, 1.165) is 14.8 Å². The van der Waals surface area contributed by atoms with Crippen LogP contribution in [0.1, 0.15) is 10.4 Å². The maximum absolute atomic E-state index is 11.8. The molecule has 6 nitrogen and oxygen atoms in total. The van der Waals surface area contributed by atoms with Crippen LogP contribution in [0.25, 0.3) is 0 Å². The Labute approximate surface area is 163 Å². The maximum Gasteiger partial charge on any atom is 0.316 e. The molecular weight excluding hydrogens is 398 g/mol. The maximum atomic E-state index is 11.8. The third-order valence-corrected chi connectivity index (χ3v) is 5.75. The number of benzene rings is 1. The molecule has 26 heavy (non-hydrogen) atoms. The van der Waals surface area contributed by atoms with Gasteiger partial charge in [0.05, 0.1) is 10.1 Å². The molecule has 0 bridgehead atoms. The van der Waals surface area contributed by atoms with E-state index in [1.807, 2.05) is 24.3 Å². The van der Waals surface area contributed by atoms with Gasteiger partial charge in [0.15, 0.2) is 18.1 Å². The van der Waals surface area contributed by atoms with Crippen LogP contribution in [-0.4, -0.2) is 31.0 Å². The smallest absolute Gasteiger partial charge is 0.316 e. The zero-order valence-electron chi connectivity index (χ0n) is 13.7. The molecule has 1 N–H and O–H groups in total. The van der Waals surface area contributed by atoms with E-state index in [0.29, 0.717) is 23.8 Å². The second kappa shape index (κ2) is 9.16. The summed E-state index contributed by atoms with van der Waals surface area (Å²) in [5, 5.41) is 2.70. The summed E-state index contributed by atoms with van der Waals surface area (Å²) in [7, 11) is 0. The van der Waals surface area contributed by atoms with Gasteiger partial charge < -0.3 is 19.5 Å². The fraction of sp³-hybridized carbons (Fsp3) is 0.294. The minimum atomic E-state index is -0.420. The highest BCUT2D eigenvalue weighted by molar-refractivity contribution is 7.99. The Bertz CT molecular complexity index is 795. The van der Waals surface area contributed by atoms with Crippen LogP contribution in [0.2, 0.25) is 4.34 Å². The van der Waals surface area contributed by atoms with Gasteiger partial charge in [-0.05, 0) is 29.8 Å². The van der Waals surface area contributed by atoms with E-state index in [9.17, 15) is 9.59 Å². The highest BCUT2D eigenvalue weighted by atomic mass is 35.5. The Morgan fingerprint density at radius 1 is 1.23 bits per heavy atom. The molecular formula is C17H16ClNO5S2. The normalized spacial score (nSPS) is 12.0. The Hall–Kier alpha value is -1.90. The summed E-state index contributed by atoms with van der Waals surface area (Å²) in [5.74, 6) is 1.44. The SMILES string of the molecule is O=C(COC(=O)CSCc1ccc(Cl)s1)NCc1ccc2c(c1)OCO2. The summed E-state index contributed by atoms with van der Waals surface area (Å²) in [6, 6.07) is 9.19.